The second-order valence-electron chi connectivity index (χ2n) is 4.93. The molecule has 0 aliphatic carbocycles. The van der Waals surface area contributed by atoms with Gasteiger partial charge in [-0.25, -0.2) is 4.98 Å². The maximum Gasteiger partial charge on any atom is 0.257 e. The molecule has 0 spiro atoms. The number of ether oxygens (including phenoxy) is 1. The quantitative estimate of drug-likeness (QED) is 0.635. The van der Waals surface area contributed by atoms with E-state index in [0.717, 1.165) is 21.5 Å². The van der Waals surface area contributed by atoms with Crippen molar-refractivity contribution >= 4 is 38.3 Å². The minimum atomic E-state index is -0.185. The van der Waals surface area contributed by atoms with E-state index in [-0.39, 0.29) is 5.91 Å². The molecule has 1 amide bonds. The SMILES string of the molecule is CCOc1ccccc1-c1csc(NC(=O)c2cccc(Br)c2)n1. The molecule has 0 atom stereocenters. The van der Waals surface area contributed by atoms with Gasteiger partial charge < -0.3 is 4.74 Å². The molecule has 0 aliphatic rings. The van der Waals surface area contributed by atoms with Crippen LogP contribution in [0.4, 0.5) is 5.13 Å². The molecular formula is C18H15BrN2O2S. The molecule has 24 heavy (non-hydrogen) atoms. The number of nitrogens with zero attached hydrogens (tertiary/aromatic N) is 1. The van der Waals surface area contributed by atoms with Gasteiger partial charge in [0, 0.05) is 21.0 Å². The first-order chi connectivity index (χ1) is 11.7. The van der Waals surface area contributed by atoms with Crippen molar-refractivity contribution in [2.24, 2.45) is 0 Å². The van der Waals surface area contributed by atoms with E-state index in [1.54, 1.807) is 12.1 Å². The highest BCUT2D eigenvalue weighted by molar-refractivity contribution is 9.10. The zero-order valence-electron chi connectivity index (χ0n) is 13.0. The van der Waals surface area contributed by atoms with Crippen LogP contribution >= 0.6 is 27.3 Å². The van der Waals surface area contributed by atoms with Gasteiger partial charge in [0.2, 0.25) is 0 Å². The zero-order chi connectivity index (χ0) is 16.9. The third-order valence-corrected chi connectivity index (χ3v) is 4.53. The number of halogens is 1. The lowest BCUT2D eigenvalue weighted by atomic mass is 10.1. The maximum absolute atomic E-state index is 12.3. The van der Waals surface area contributed by atoms with Crippen molar-refractivity contribution < 1.29 is 9.53 Å². The van der Waals surface area contributed by atoms with E-state index in [1.165, 1.54) is 11.3 Å². The van der Waals surface area contributed by atoms with E-state index < -0.39 is 0 Å². The predicted molar refractivity (Wildman–Crippen MR) is 101 cm³/mol. The Hall–Kier alpha value is -2.18. The van der Waals surface area contributed by atoms with Gasteiger partial charge in [-0.05, 0) is 37.3 Å². The Labute approximate surface area is 152 Å². The molecule has 1 N–H and O–H groups in total. The Balaban J connectivity index is 1.80. The zero-order valence-corrected chi connectivity index (χ0v) is 15.4. The molecule has 0 unspecified atom stereocenters. The van der Waals surface area contributed by atoms with Crippen molar-refractivity contribution in [1.29, 1.82) is 0 Å². The lowest BCUT2D eigenvalue weighted by Gasteiger charge is -2.07. The van der Waals surface area contributed by atoms with Gasteiger partial charge in [-0.3, -0.25) is 10.1 Å². The minimum absolute atomic E-state index is 0.185. The fourth-order valence-electron chi connectivity index (χ4n) is 2.21. The van der Waals surface area contributed by atoms with E-state index in [9.17, 15) is 4.79 Å². The van der Waals surface area contributed by atoms with Crippen LogP contribution in [0.5, 0.6) is 5.75 Å². The van der Waals surface area contributed by atoms with Gasteiger partial charge in [0.05, 0.1) is 12.3 Å². The number of hydrogen-bond donors (Lipinski definition) is 1. The molecular weight excluding hydrogens is 388 g/mol. The van der Waals surface area contributed by atoms with Gasteiger partial charge in [0.25, 0.3) is 5.91 Å². The van der Waals surface area contributed by atoms with Crippen molar-refractivity contribution in [3.8, 4) is 17.0 Å². The van der Waals surface area contributed by atoms with Crippen LogP contribution in [0.15, 0.2) is 58.4 Å². The molecule has 1 aromatic heterocycles. The number of amides is 1. The van der Waals surface area contributed by atoms with Gasteiger partial charge in [0.15, 0.2) is 5.13 Å². The highest BCUT2D eigenvalue weighted by atomic mass is 79.9. The van der Waals surface area contributed by atoms with E-state index in [4.69, 9.17) is 4.74 Å². The number of para-hydroxylation sites is 1. The first kappa shape index (κ1) is 16.7. The molecule has 122 valence electrons. The van der Waals surface area contributed by atoms with Crippen LogP contribution < -0.4 is 10.1 Å². The summed E-state index contributed by atoms with van der Waals surface area (Å²) in [6.07, 6.45) is 0. The molecule has 6 heteroatoms. The Bertz CT molecular complexity index is 863. The Morgan fingerprint density at radius 3 is 2.88 bits per heavy atom. The van der Waals surface area contributed by atoms with Crippen LogP contribution in [-0.4, -0.2) is 17.5 Å². The normalized spacial score (nSPS) is 10.4. The van der Waals surface area contributed by atoms with Crippen molar-refractivity contribution in [2.45, 2.75) is 6.92 Å². The molecule has 3 rings (SSSR count). The summed E-state index contributed by atoms with van der Waals surface area (Å²) in [6, 6.07) is 15.0. The number of aromatic nitrogens is 1. The average molecular weight is 403 g/mol. The molecule has 1 heterocycles. The van der Waals surface area contributed by atoms with Gasteiger partial charge in [0.1, 0.15) is 5.75 Å². The molecule has 4 nitrogen and oxygen atoms in total. The van der Waals surface area contributed by atoms with Crippen LogP contribution in [0.2, 0.25) is 0 Å². The van der Waals surface area contributed by atoms with Gasteiger partial charge >= 0.3 is 0 Å². The van der Waals surface area contributed by atoms with Crippen molar-refractivity contribution in [3.05, 3.63) is 63.9 Å². The lowest BCUT2D eigenvalue weighted by Crippen LogP contribution is -2.11. The van der Waals surface area contributed by atoms with Gasteiger partial charge in [-0.15, -0.1) is 11.3 Å². The first-order valence-corrected chi connectivity index (χ1v) is 9.09. The Morgan fingerprint density at radius 2 is 2.08 bits per heavy atom. The predicted octanol–water partition coefficient (Wildman–Crippen LogP) is 5.22. The molecule has 0 radical (unpaired) electrons. The smallest absolute Gasteiger partial charge is 0.257 e. The molecule has 0 bridgehead atoms. The third-order valence-electron chi connectivity index (χ3n) is 3.27. The monoisotopic (exact) mass is 402 g/mol. The average Bonchev–Trinajstić information content (AvgIpc) is 3.04. The fourth-order valence-corrected chi connectivity index (χ4v) is 3.32. The van der Waals surface area contributed by atoms with Crippen LogP contribution in [0.25, 0.3) is 11.3 Å². The molecule has 0 fully saturated rings. The minimum Gasteiger partial charge on any atom is -0.493 e. The van der Waals surface area contributed by atoms with E-state index >= 15 is 0 Å². The summed E-state index contributed by atoms with van der Waals surface area (Å²) in [4.78, 5) is 16.8. The topological polar surface area (TPSA) is 51.2 Å². The highest BCUT2D eigenvalue weighted by Gasteiger charge is 2.12. The summed E-state index contributed by atoms with van der Waals surface area (Å²) in [5, 5.41) is 5.30. The number of carbonyl (C=O) groups excluding carboxylic acids is 1. The van der Waals surface area contributed by atoms with E-state index in [1.807, 2.05) is 48.7 Å². The number of nitrogens with one attached hydrogen (secondary N) is 1. The summed E-state index contributed by atoms with van der Waals surface area (Å²) in [6.45, 7) is 2.54. The summed E-state index contributed by atoms with van der Waals surface area (Å²) in [5.41, 5.74) is 2.28. The van der Waals surface area contributed by atoms with Crippen LogP contribution in [0.1, 0.15) is 17.3 Å². The van der Waals surface area contributed by atoms with Crippen molar-refractivity contribution in [2.75, 3.05) is 11.9 Å². The van der Waals surface area contributed by atoms with Crippen LogP contribution in [0, 0.1) is 0 Å². The van der Waals surface area contributed by atoms with Crippen LogP contribution in [0.3, 0.4) is 0 Å². The number of rotatable bonds is 5. The second-order valence-corrected chi connectivity index (χ2v) is 6.71. The molecule has 3 aromatic rings. The number of carbonyl (C=O) groups is 1. The van der Waals surface area contributed by atoms with Crippen molar-refractivity contribution in [3.63, 3.8) is 0 Å². The summed E-state index contributed by atoms with van der Waals surface area (Å²) in [7, 11) is 0. The number of benzene rings is 2. The Kier molecular flexibility index (Phi) is 5.27. The lowest BCUT2D eigenvalue weighted by molar-refractivity contribution is 0.102. The maximum atomic E-state index is 12.3. The number of thiazole rings is 1. The third kappa shape index (κ3) is 3.83. The largest absolute Gasteiger partial charge is 0.493 e. The summed E-state index contributed by atoms with van der Waals surface area (Å²) in [5.74, 6) is 0.602. The first-order valence-electron chi connectivity index (χ1n) is 7.42. The second kappa shape index (κ2) is 7.59. The van der Waals surface area contributed by atoms with Crippen LogP contribution in [-0.2, 0) is 0 Å². The standard InChI is InChI=1S/C18H15BrN2O2S/c1-2-23-16-9-4-3-8-14(16)15-11-24-18(20-15)21-17(22)12-6-5-7-13(19)10-12/h3-11H,2H2,1H3,(H,20,21,22). The van der Waals surface area contributed by atoms with Gasteiger partial charge in [-0.1, -0.05) is 34.1 Å². The highest BCUT2D eigenvalue weighted by Crippen LogP contribution is 2.32. The molecule has 0 saturated heterocycles. The Morgan fingerprint density at radius 1 is 1.25 bits per heavy atom. The van der Waals surface area contributed by atoms with E-state index in [0.29, 0.717) is 17.3 Å². The van der Waals surface area contributed by atoms with Gasteiger partial charge in [-0.2, -0.15) is 0 Å². The number of hydrogen-bond acceptors (Lipinski definition) is 4. The molecule has 2 aromatic carbocycles. The summed E-state index contributed by atoms with van der Waals surface area (Å²) >= 11 is 4.75. The summed E-state index contributed by atoms with van der Waals surface area (Å²) < 4.78 is 6.50. The molecule has 0 aliphatic heterocycles. The number of anilines is 1. The molecule has 0 saturated carbocycles. The van der Waals surface area contributed by atoms with Crippen molar-refractivity contribution in [1.82, 2.24) is 4.98 Å². The fraction of sp³-hybridized carbons (Fsp3) is 0.111. The van der Waals surface area contributed by atoms with E-state index in [2.05, 4.69) is 26.2 Å².